The number of carbonyl (C=O) groups excluding carboxylic acids is 1. The molecule has 2 aromatic rings. The van der Waals surface area contributed by atoms with Crippen LogP contribution in [0.25, 0.3) is 0 Å². The van der Waals surface area contributed by atoms with Crippen LogP contribution in [-0.2, 0) is 32.7 Å². The normalized spacial score (nSPS) is 9.72. The van der Waals surface area contributed by atoms with E-state index in [4.69, 9.17) is 0 Å². The number of nitrogens with zero attached hydrogens (tertiary/aromatic N) is 2. The summed E-state index contributed by atoms with van der Waals surface area (Å²) in [5.41, 5.74) is 2.92. The Bertz CT molecular complexity index is 566. The van der Waals surface area contributed by atoms with Gasteiger partial charge in [-0.05, 0) is 12.1 Å². The van der Waals surface area contributed by atoms with Gasteiger partial charge in [0.25, 0.3) is 0 Å². The van der Waals surface area contributed by atoms with Crippen LogP contribution in [0, 0.1) is 26.8 Å². The molecule has 2 rings (SSSR count). The molecule has 0 spiro atoms. The Morgan fingerprint density at radius 2 is 2.00 bits per heavy atom. The van der Waals surface area contributed by atoms with E-state index in [9.17, 15) is 4.79 Å². The number of hydrogen-bond acceptors (Lipinski definition) is 4. The summed E-state index contributed by atoms with van der Waals surface area (Å²) >= 11 is 0. The summed E-state index contributed by atoms with van der Waals surface area (Å²) in [5.74, 6) is 0.104. The van der Waals surface area contributed by atoms with Crippen LogP contribution < -0.4 is 5.32 Å². The molecule has 0 aliphatic rings. The summed E-state index contributed by atoms with van der Waals surface area (Å²) in [6, 6.07) is 6.70. The van der Waals surface area contributed by atoms with Crippen molar-refractivity contribution >= 4 is 11.7 Å². The van der Waals surface area contributed by atoms with Gasteiger partial charge >= 0.3 is 0 Å². The van der Waals surface area contributed by atoms with Crippen molar-refractivity contribution in [2.24, 2.45) is 0 Å². The Morgan fingerprint density at radius 3 is 2.56 bits per heavy atom. The Kier molecular flexibility index (Phi) is 5.17. The first-order valence-corrected chi connectivity index (χ1v) is 5.18. The van der Waals surface area contributed by atoms with Crippen molar-refractivity contribution in [1.29, 1.82) is 0 Å². The number of carbonyl (C=O) groups is 1. The standard InChI is InChI=1S/C12H12N3O2.Y/c1-7-4-5-10(8(2)6-7)12(16)13-11-9(3)14-17-15-11;/h4-5H,1-3H3,(H,13,15,16);/q-1;. The molecule has 0 bridgehead atoms. The quantitative estimate of drug-likeness (QED) is 0.860. The zero-order valence-electron chi connectivity index (χ0n) is 10.4. The van der Waals surface area contributed by atoms with Crippen LogP contribution in [0.1, 0.15) is 27.2 Å². The molecule has 6 heteroatoms. The molecule has 0 aliphatic heterocycles. The van der Waals surface area contributed by atoms with Gasteiger partial charge in [0, 0.05) is 32.7 Å². The predicted molar refractivity (Wildman–Crippen MR) is 61.7 cm³/mol. The minimum absolute atomic E-state index is 0. The topological polar surface area (TPSA) is 68.0 Å². The second-order valence-electron chi connectivity index (χ2n) is 3.83. The molecule has 0 aliphatic carbocycles. The molecule has 1 radical (unpaired) electrons. The van der Waals surface area contributed by atoms with Gasteiger partial charge in [0.15, 0.2) is 5.82 Å². The molecule has 1 aromatic heterocycles. The maximum atomic E-state index is 12.0. The Labute approximate surface area is 130 Å². The number of anilines is 1. The van der Waals surface area contributed by atoms with Crippen molar-refractivity contribution in [1.82, 2.24) is 10.3 Å². The van der Waals surface area contributed by atoms with Gasteiger partial charge < -0.3 is 5.32 Å². The summed E-state index contributed by atoms with van der Waals surface area (Å²) in [5, 5.41) is 9.83. The Morgan fingerprint density at radius 1 is 1.28 bits per heavy atom. The van der Waals surface area contributed by atoms with Crippen LogP contribution in [0.15, 0.2) is 16.8 Å². The fraction of sp³-hybridized carbons (Fsp3) is 0.250. The van der Waals surface area contributed by atoms with Crippen molar-refractivity contribution in [2.45, 2.75) is 20.8 Å². The van der Waals surface area contributed by atoms with E-state index >= 15 is 0 Å². The molecule has 0 saturated heterocycles. The minimum Gasteiger partial charge on any atom is -0.313 e. The fourth-order valence-corrected chi connectivity index (χ4v) is 1.50. The molecule has 18 heavy (non-hydrogen) atoms. The van der Waals surface area contributed by atoms with Gasteiger partial charge in [-0.25, -0.2) is 4.63 Å². The monoisotopic (exact) mass is 319 g/mol. The van der Waals surface area contributed by atoms with Gasteiger partial charge in [0.2, 0.25) is 5.91 Å². The van der Waals surface area contributed by atoms with Crippen LogP contribution in [0.5, 0.6) is 0 Å². The van der Waals surface area contributed by atoms with Crippen molar-refractivity contribution in [3.05, 3.63) is 40.6 Å². The number of rotatable bonds is 2. The molecule has 0 fully saturated rings. The summed E-state index contributed by atoms with van der Waals surface area (Å²) in [7, 11) is 0. The molecule has 1 heterocycles. The Balaban J connectivity index is 0.00000162. The van der Waals surface area contributed by atoms with E-state index in [-0.39, 0.29) is 38.6 Å². The van der Waals surface area contributed by atoms with Crippen LogP contribution in [-0.4, -0.2) is 16.2 Å². The van der Waals surface area contributed by atoms with Gasteiger partial charge in [-0.2, -0.15) is 29.3 Å². The number of hydrogen-bond donors (Lipinski definition) is 1. The summed E-state index contributed by atoms with van der Waals surface area (Å²) in [6.45, 7) is 5.48. The third kappa shape index (κ3) is 3.24. The predicted octanol–water partition coefficient (Wildman–Crippen LogP) is 2.04. The maximum absolute atomic E-state index is 12.0. The average Bonchev–Trinajstić information content (AvgIpc) is 2.64. The van der Waals surface area contributed by atoms with Crippen LogP contribution >= 0.6 is 0 Å². The molecule has 1 N–H and O–H groups in total. The van der Waals surface area contributed by atoms with E-state index in [2.05, 4.69) is 26.3 Å². The maximum Gasteiger partial charge on any atom is 0.201 e. The fourth-order valence-electron chi connectivity index (χ4n) is 1.50. The van der Waals surface area contributed by atoms with E-state index in [1.54, 1.807) is 13.0 Å². The first-order chi connectivity index (χ1) is 8.08. The third-order valence-corrected chi connectivity index (χ3v) is 2.42. The number of benzene rings is 1. The number of nitrogens with one attached hydrogen (secondary N) is 1. The third-order valence-electron chi connectivity index (χ3n) is 2.42. The molecule has 0 atom stereocenters. The van der Waals surface area contributed by atoms with Gasteiger partial charge in [0.05, 0.1) is 0 Å². The second kappa shape index (κ2) is 6.20. The van der Waals surface area contributed by atoms with Gasteiger partial charge in [-0.15, -0.1) is 0 Å². The van der Waals surface area contributed by atoms with E-state index in [1.165, 1.54) is 0 Å². The molecule has 5 nitrogen and oxygen atoms in total. The second-order valence-corrected chi connectivity index (χ2v) is 3.83. The van der Waals surface area contributed by atoms with E-state index in [0.29, 0.717) is 17.1 Å². The zero-order valence-corrected chi connectivity index (χ0v) is 13.3. The molecule has 1 amide bonds. The van der Waals surface area contributed by atoms with Crippen molar-refractivity contribution in [3.8, 4) is 0 Å². The van der Waals surface area contributed by atoms with E-state index in [0.717, 1.165) is 11.1 Å². The molecule has 1 aromatic carbocycles. The molecule has 91 valence electrons. The SMILES string of the molecule is Cc1[c-]c(C)c(C(=O)Nc2nonc2C)cc1.[Y]. The van der Waals surface area contributed by atoms with Crippen molar-refractivity contribution in [3.63, 3.8) is 0 Å². The molecule has 0 unspecified atom stereocenters. The molecular formula is C12H12N3O2Y-. The smallest absolute Gasteiger partial charge is 0.201 e. The number of amides is 1. The molecular weight excluding hydrogens is 307 g/mol. The zero-order chi connectivity index (χ0) is 12.4. The van der Waals surface area contributed by atoms with Gasteiger partial charge in [-0.3, -0.25) is 4.79 Å². The van der Waals surface area contributed by atoms with E-state index in [1.807, 2.05) is 19.9 Å². The van der Waals surface area contributed by atoms with E-state index < -0.39 is 0 Å². The average molecular weight is 319 g/mol. The molecule has 0 saturated carbocycles. The first-order valence-electron chi connectivity index (χ1n) is 5.18. The first kappa shape index (κ1) is 15.0. The van der Waals surface area contributed by atoms with Gasteiger partial charge in [-0.1, -0.05) is 24.6 Å². The van der Waals surface area contributed by atoms with Gasteiger partial charge in [0.1, 0.15) is 5.69 Å². The number of aromatic nitrogens is 2. The number of aryl methyl sites for hydroxylation is 3. The largest absolute Gasteiger partial charge is 0.313 e. The summed E-state index contributed by atoms with van der Waals surface area (Å²) in [6.07, 6.45) is 0. The Hall–Kier alpha value is -1.07. The van der Waals surface area contributed by atoms with Crippen molar-refractivity contribution in [2.75, 3.05) is 5.32 Å². The minimum atomic E-state index is -0.238. The van der Waals surface area contributed by atoms with Crippen LogP contribution in [0.4, 0.5) is 5.82 Å². The van der Waals surface area contributed by atoms with Crippen LogP contribution in [0.2, 0.25) is 0 Å². The summed E-state index contributed by atoms with van der Waals surface area (Å²) < 4.78 is 4.51. The summed E-state index contributed by atoms with van der Waals surface area (Å²) in [4.78, 5) is 12.0. The van der Waals surface area contributed by atoms with Crippen molar-refractivity contribution < 1.29 is 42.1 Å². The van der Waals surface area contributed by atoms with Crippen LogP contribution in [0.3, 0.4) is 0 Å².